The van der Waals surface area contributed by atoms with Gasteiger partial charge in [0.1, 0.15) is 0 Å². The highest BCUT2D eigenvalue weighted by Crippen LogP contribution is 2.42. The summed E-state index contributed by atoms with van der Waals surface area (Å²) in [4.78, 5) is 0. The van der Waals surface area contributed by atoms with Crippen LogP contribution in [0.3, 0.4) is 0 Å². The van der Waals surface area contributed by atoms with Crippen LogP contribution in [0.25, 0.3) is 63.6 Å². The van der Waals surface area contributed by atoms with Gasteiger partial charge < -0.3 is 0 Å². The van der Waals surface area contributed by atoms with Crippen LogP contribution in [0, 0.1) is 6.07 Å². The van der Waals surface area contributed by atoms with Gasteiger partial charge in [-0.3, -0.25) is 0 Å². The van der Waals surface area contributed by atoms with Crippen molar-refractivity contribution in [3.8, 4) is 11.1 Å². The van der Waals surface area contributed by atoms with Gasteiger partial charge in [-0.05, 0) is 55.6 Å². The number of fused-ring (bicyclic) bond motifs is 9. The Labute approximate surface area is 184 Å². The average Bonchev–Trinajstić information content (AvgIpc) is 3.22. The molecule has 7 rings (SSSR count). The molecule has 1 heteroatoms. The van der Waals surface area contributed by atoms with Crippen molar-refractivity contribution in [1.29, 1.82) is 0 Å². The lowest BCUT2D eigenvalue weighted by Crippen LogP contribution is -1.87. The van der Waals surface area contributed by atoms with Crippen LogP contribution < -0.4 is 0 Å². The quantitative estimate of drug-likeness (QED) is 0.237. The molecule has 0 fully saturated rings. The molecule has 0 bridgehead atoms. The van der Waals surface area contributed by atoms with E-state index in [2.05, 4.69) is 109 Å². The Bertz CT molecular complexity index is 1740. The van der Waals surface area contributed by atoms with E-state index < -0.39 is 0 Å². The van der Waals surface area contributed by atoms with Gasteiger partial charge in [-0.25, -0.2) is 0 Å². The predicted molar refractivity (Wildman–Crippen MR) is 136 cm³/mol. The molecule has 0 N–H and O–H groups in total. The fraction of sp³-hybridized carbons (Fsp3) is 0. The second-order valence-electron chi connectivity index (χ2n) is 8.03. The number of thiophene rings is 1. The van der Waals surface area contributed by atoms with Crippen LogP contribution in [-0.4, -0.2) is 0 Å². The number of hydrogen-bond acceptors (Lipinski definition) is 1. The lowest BCUT2D eigenvalue weighted by Gasteiger charge is -2.14. The highest BCUT2D eigenvalue weighted by atomic mass is 32.1. The van der Waals surface area contributed by atoms with Gasteiger partial charge in [0.05, 0.1) is 0 Å². The Morgan fingerprint density at radius 3 is 1.77 bits per heavy atom. The van der Waals surface area contributed by atoms with Gasteiger partial charge in [0.2, 0.25) is 0 Å². The molecule has 0 amide bonds. The van der Waals surface area contributed by atoms with Crippen molar-refractivity contribution >= 4 is 63.8 Å². The third-order valence-corrected chi connectivity index (χ3v) is 7.48. The van der Waals surface area contributed by atoms with E-state index in [0.717, 1.165) is 5.56 Å². The third kappa shape index (κ3) is 2.41. The summed E-state index contributed by atoms with van der Waals surface area (Å²) in [5, 5.41) is 10.4. The monoisotopic (exact) mass is 409 g/mol. The number of rotatable bonds is 1. The van der Waals surface area contributed by atoms with Crippen LogP contribution in [0.2, 0.25) is 0 Å². The molecule has 1 heterocycles. The molecule has 0 atom stereocenters. The van der Waals surface area contributed by atoms with Crippen molar-refractivity contribution in [1.82, 2.24) is 0 Å². The van der Waals surface area contributed by atoms with Crippen LogP contribution in [0.1, 0.15) is 0 Å². The van der Waals surface area contributed by atoms with Crippen molar-refractivity contribution in [3.63, 3.8) is 0 Å². The molecular formula is C30H17S. The number of benzene rings is 6. The molecule has 0 unspecified atom stereocenters. The van der Waals surface area contributed by atoms with E-state index in [1.54, 1.807) is 0 Å². The molecule has 7 aromatic rings. The van der Waals surface area contributed by atoms with Crippen molar-refractivity contribution in [2.24, 2.45) is 0 Å². The molecule has 6 aromatic carbocycles. The zero-order chi connectivity index (χ0) is 20.4. The molecule has 0 aliphatic heterocycles. The Morgan fingerprint density at radius 1 is 0.452 bits per heavy atom. The zero-order valence-electron chi connectivity index (χ0n) is 16.7. The summed E-state index contributed by atoms with van der Waals surface area (Å²) < 4.78 is 2.61. The molecule has 1 aromatic heterocycles. The minimum atomic E-state index is 1.15. The van der Waals surface area contributed by atoms with Gasteiger partial charge in [-0.2, -0.15) is 0 Å². The van der Waals surface area contributed by atoms with E-state index in [1.807, 2.05) is 11.3 Å². The zero-order valence-corrected chi connectivity index (χ0v) is 17.5. The van der Waals surface area contributed by atoms with Crippen LogP contribution in [0.5, 0.6) is 0 Å². The lowest BCUT2D eigenvalue weighted by molar-refractivity contribution is 1.71. The molecule has 0 saturated carbocycles. The van der Waals surface area contributed by atoms with Gasteiger partial charge in [-0.15, -0.1) is 11.3 Å². The first-order chi connectivity index (χ1) is 15.4. The maximum atomic E-state index is 3.78. The van der Waals surface area contributed by atoms with Crippen molar-refractivity contribution in [2.45, 2.75) is 0 Å². The summed E-state index contributed by atoms with van der Waals surface area (Å²) in [6.45, 7) is 0. The van der Waals surface area contributed by atoms with E-state index in [4.69, 9.17) is 0 Å². The predicted octanol–water partition coefficient (Wildman–Crippen LogP) is 8.98. The third-order valence-electron chi connectivity index (χ3n) is 6.34. The van der Waals surface area contributed by atoms with Crippen molar-refractivity contribution < 1.29 is 0 Å². The molecule has 1 radical (unpaired) electrons. The fourth-order valence-electron chi connectivity index (χ4n) is 4.98. The largest absolute Gasteiger partial charge is 0.135 e. The topological polar surface area (TPSA) is 0 Å². The van der Waals surface area contributed by atoms with E-state index in [0.29, 0.717) is 0 Å². The first-order valence-electron chi connectivity index (χ1n) is 10.5. The van der Waals surface area contributed by atoms with Gasteiger partial charge in [-0.1, -0.05) is 91.0 Å². The highest BCUT2D eigenvalue weighted by molar-refractivity contribution is 7.25. The minimum Gasteiger partial charge on any atom is -0.135 e. The first-order valence-corrected chi connectivity index (χ1v) is 11.4. The van der Waals surface area contributed by atoms with Crippen LogP contribution in [-0.2, 0) is 0 Å². The van der Waals surface area contributed by atoms with E-state index in [1.165, 1.54) is 58.1 Å². The smallest absolute Gasteiger partial charge is 0.0362 e. The summed E-state index contributed by atoms with van der Waals surface area (Å²) in [7, 11) is 0. The van der Waals surface area contributed by atoms with Crippen LogP contribution in [0.15, 0.2) is 103 Å². The van der Waals surface area contributed by atoms with E-state index in [-0.39, 0.29) is 0 Å². The second kappa shape index (κ2) is 6.41. The van der Waals surface area contributed by atoms with E-state index in [9.17, 15) is 0 Å². The summed E-state index contributed by atoms with van der Waals surface area (Å²) >= 11 is 1.84. The number of hydrogen-bond donors (Lipinski definition) is 0. The maximum absolute atomic E-state index is 3.78. The molecule has 143 valence electrons. The molecule has 0 aliphatic rings. The molecule has 0 saturated heterocycles. The summed E-state index contributed by atoms with van der Waals surface area (Å²) in [6, 6.07) is 41.1. The van der Waals surface area contributed by atoms with Crippen molar-refractivity contribution in [2.75, 3.05) is 0 Å². The second-order valence-corrected chi connectivity index (χ2v) is 9.11. The van der Waals surface area contributed by atoms with E-state index >= 15 is 0 Å². The summed E-state index contributed by atoms with van der Waals surface area (Å²) in [5.41, 5.74) is 2.40. The Morgan fingerprint density at radius 2 is 1.03 bits per heavy atom. The van der Waals surface area contributed by atoms with Crippen molar-refractivity contribution in [3.05, 3.63) is 109 Å². The van der Waals surface area contributed by atoms with Gasteiger partial charge >= 0.3 is 0 Å². The van der Waals surface area contributed by atoms with Gasteiger partial charge in [0.25, 0.3) is 0 Å². The SMILES string of the molecule is [c]1c(-c2cccc3c4ccccc4c4ccccc4c23)ccc2sc3ccccc3c12. The lowest BCUT2D eigenvalue weighted by atomic mass is 9.89. The summed E-state index contributed by atoms with van der Waals surface area (Å²) in [6.07, 6.45) is 0. The molecule has 0 aliphatic carbocycles. The Kier molecular flexibility index (Phi) is 3.52. The maximum Gasteiger partial charge on any atom is 0.0362 e. The van der Waals surface area contributed by atoms with Crippen LogP contribution in [0.4, 0.5) is 0 Å². The van der Waals surface area contributed by atoms with Crippen LogP contribution >= 0.6 is 11.3 Å². The normalized spacial score (nSPS) is 11.9. The molecule has 31 heavy (non-hydrogen) atoms. The summed E-state index contributed by atoms with van der Waals surface area (Å²) in [5.74, 6) is 0. The molecule has 0 spiro atoms. The van der Waals surface area contributed by atoms with Gasteiger partial charge in [0, 0.05) is 26.2 Å². The van der Waals surface area contributed by atoms with Gasteiger partial charge in [0.15, 0.2) is 0 Å². The molecule has 0 nitrogen and oxygen atoms in total. The fourth-order valence-corrected chi connectivity index (χ4v) is 6.05. The Balaban J connectivity index is 1.65. The first kappa shape index (κ1) is 17.0. The molecular weight excluding hydrogens is 392 g/mol. The minimum absolute atomic E-state index is 1.15. The standard InChI is InChI=1S/C30H17S/c1-2-9-23-21(8-1)22-10-3-4-12-25(22)30-20(13-7-14-26(23)30)19-16-17-29-27(18-19)24-11-5-6-15-28(24)31-29/h1-17H. The average molecular weight is 410 g/mol. The Hall–Kier alpha value is -3.68. The highest BCUT2D eigenvalue weighted by Gasteiger charge is 2.14.